The molecule has 0 saturated heterocycles. The van der Waals surface area contributed by atoms with Crippen LogP contribution in [0.1, 0.15) is 26.0 Å². The summed E-state index contributed by atoms with van der Waals surface area (Å²) in [6.45, 7) is 3.02. The maximum atomic E-state index is 13.6. The van der Waals surface area contributed by atoms with E-state index in [9.17, 15) is 17.6 Å². The number of aromatic nitrogens is 2. The summed E-state index contributed by atoms with van der Waals surface area (Å²) in [7, 11) is 0. The number of aryl methyl sites for hydroxylation is 1. The largest absolute Gasteiger partial charge is 0.391 e. The molecule has 0 fully saturated rings. The molecule has 0 bridgehead atoms. The topological polar surface area (TPSA) is 37.8 Å². The Balaban J connectivity index is 2.75. The van der Waals surface area contributed by atoms with Gasteiger partial charge in [-0.25, -0.2) is 14.4 Å². The van der Waals surface area contributed by atoms with Gasteiger partial charge < -0.3 is 5.32 Å². The summed E-state index contributed by atoms with van der Waals surface area (Å²) in [5.74, 6) is -0.877. The monoisotopic (exact) mass is 251 g/mol. The van der Waals surface area contributed by atoms with Crippen LogP contribution in [0.4, 0.5) is 23.4 Å². The maximum Gasteiger partial charge on any atom is 0.391 e. The van der Waals surface area contributed by atoms with Crippen molar-refractivity contribution in [3.8, 4) is 0 Å². The molecular formula is C10H13F4N3. The zero-order chi connectivity index (χ0) is 13.1. The molecule has 0 spiro atoms. The minimum atomic E-state index is -4.29. The van der Waals surface area contributed by atoms with Crippen LogP contribution in [0.15, 0.2) is 6.33 Å². The van der Waals surface area contributed by atoms with Gasteiger partial charge in [0.15, 0.2) is 11.6 Å². The zero-order valence-corrected chi connectivity index (χ0v) is 9.48. The highest BCUT2D eigenvalue weighted by Gasteiger charge is 2.30. The molecule has 0 aliphatic carbocycles. The van der Waals surface area contributed by atoms with E-state index in [1.54, 1.807) is 6.92 Å². The summed E-state index contributed by atoms with van der Waals surface area (Å²) in [5, 5.41) is 2.40. The van der Waals surface area contributed by atoms with Crippen LogP contribution in [-0.2, 0) is 6.42 Å². The Morgan fingerprint density at radius 1 is 1.35 bits per heavy atom. The average Bonchev–Trinajstić information content (AvgIpc) is 2.18. The fraction of sp³-hybridized carbons (Fsp3) is 0.600. The van der Waals surface area contributed by atoms with Gasteiger partial charge in [0.05, 0.1) is 12.1 Å². The molecule has 1 heterocycles. The number of nitrogens with zero attached hydrogens (tertiary/aromatic N) is 2. The summed E-state index contributed by atoms with van der Waals surface area (Å²) >= 11 is 0. The van der Waals surface area contributed by atoms with Crippen LogP contribution in [0, 0.1) is 5.82 Å². The van der Waals surface area contributed by atoms with Crippen molar-refractivity contribution in [2.75, 3.05) is 5.32 Å². The molecule has 17 heavy (non-hydrogen) atoms. The number of nitrogens with one attached hydrogen (secondary N) is 1. The van der Waals surface area contributed by atoms with Crippen molar-refractivity contribution in [3.63, 3.8) is 0 Å². The van der Waals surface area contributed by atoms with Crippen molar-refractivity contribution >= 4 is 5.82 Å². The Kier molecular flexibility index (Phi) is 4.25. The summed E-state index contributed by atoms with van der Waals surface area (Å²) in [6.07, 6.45) is -3.84. The number of halogens is 4. The van der Waals surface area contributed by atoms with Crippen molar-refractivity contribution in [3.05, 3.63) is 17.8 Å². The van der Waals surface area contributed by atoms with Crippen molar-refractivity contribution in [1.82, 2.24) is 9.97 Å². The molecule has 1 aromatic heterocycles. The van der Waals surface area contributed by atoms with Gasteiger partial charge >= 0.3 is 6.18 Å². The fourth-order valence-corrected chi connectivity index (χ4v) is 1.39. The smallest absolute Gasteiger partial charge is 0.365 e. The molecule has 1 N–H and O–H groups in total. The summed E-state index contributed by atoms with van der Waals surface area (Å²) in [6, 6.07) is -0.941. The zero-order valence-electron chi connectivity index (χ0n) is 9.48. The average molecular weight is 251 g/mol. The lowest BCUT2D eigenvalue weighted by Gasteiger charge is -2.17. The van der Waals surface area contributed by atoms with Gasteiger partial charge in [-0.15, -0.1) is 0 Å². The van der Waals surface area contributed by atoms with Crippen LogP contribution in [0.5, 0.6) is 0 Å². The van der Waals surface area contributed by atoms with Crippen molar-refractivity contribution in [2.24, 2.45) is 0 Å². The summed E-state index contributed by atoms with van der Waals surface area (Å²) in [5.41, 5.74) is 0.182. The Labute approximate surface area is 96.3 Å². The van der Waals surface area contributed by atoms with Gasteiger partial charge in [0, 0.05) is 6.04 Å². The summed E-state index contributed by atoms with van der Waals surface area (Å²) in [4.78, 5) is 7.28. The fourth-order valence-electron chi connectivity index (χ4n) is 1.39. The molecule has 7 heteroatoms. The van der Waals surface area contributed by atoms with E-state index in [1.807, 2.05) is 0 Å². The van der Waals surface area contributed by atoms with E-state index >= 15 is 0 Å². The van der Waals surface area contributed by atoms with Crippen LogP contribution in [0.3, 0.4) is 0 Å². The Morgan fingerprint density at radius 3 is 2.53 bits per heavy atom. The maximum absolute atomic E-state index is 13.6. The number of anilines is 1. The lowest BCUT2D eigenvalue weighted by molar-refractivity contribution is -0.136. The molecule has 1 rings (SSSR count). The van der Waals surface area contributed by atoms with Crippen molar-refractivity contribution < 1.29 is 17.6 Å². The first-order valence-electron chi connectivity index (χ1n) is 5.16. The number of rotatable bonds is 4. The van der Waals surface area contributed by atoms with E-state index in [0.29, 0.717) is 6.42 Å². The van der Waals surface area contributed by atoms with E-state index in [4.69, 9.17) is 0 Å². The number of hydrogen-bond acceptors (Lipinski definition) is 3. The SMILES string of the molecule is CCc1ncnc(NC(C)CC(F)(F)F)c1F. The molecule has 0 aromatic carbocycles. The van der Waals surface area contributed by atoms with Gasteiger partial charge in [-0.2, -0.15) is 13.2 Å². The van der Waals surface area contributed by atoms with Gasteiger partial charge in [-0.1, -0.05) is 6.92 Å². The predicted molar refractivity (Wildman–Crippen MR) is 55.1 cm³/mol. The lowest BCUT2D eigenvalue weighted by Crippen LogP contribution is -2.25. The second-order valence-electron chi connectivity index (χ2n) is 3.70. The van der Waals surface area contributed by atoms with Crippen molar-refractivity contribution in [2.45, 2.75) is 38.9 Å². The van der Waals surface area contributed by atoms with E-state index in [0.717, 1.165) is 6.33 Å². The first-order valence-corrected chi connectivity index (χ1v) is 5.16. The lowest BCUT2D eigenvalue weighted by atomic mass is 10.2. The van der Waals surface area contributed by atoms with E-state index in [2.05, 4.69) is 15.3 Å². The normalized spacial score (nSPS) is 13.5. The van der Waals surface area contributed by atoms with Crippen LogP contribution in [-0.4, -0.2) is 22.2 Å². The third kappa shape index (κ3) is 4.16. The van der Waals surface area contributed by atoms with E-state index in [-0.39, 0.29) is 11.5 Å². The Bertz CT molecular complexity index is 378. The van der Waals surface area contributed by atoms with Gasteiger partial charge in [0.25, 0.3) is 0 Å². The third-order valence-corrected chi connectivity index (χ3v) is 2.12. The van der Waals surface area contributed by atoms with Gasteiger partial charge in [-0.3, -0.25) is 0 Å². The molecule has 0 amide bonds. The van der Waals surface area contributed by atoms with Crippen LogP contribution in [0.25, 0.3) is 0 Å². The van der Waals surface area contributed by atoms with Crippen LogP contribution >= 0.6 is 0 Å². The number of alkyl halides is 3. The highest BCUT2D eigenvalue weighted by atomic mass is 19.4. The standard InChI is InChI=1S/C10H13F4N3/c1-3-7-8(11)9(16-5-15-7)17-6(2)4-10(12,13)14/h5-6H,3-4H2,1-2H3,(H,15,16,17). The Morgan fingerprint density at radius 2 is 2.00 bits per heavy atom. The Hall–Kier alpha value is -1.40. The quantitative estimate of drug-likeness (QED) is 0.836. The minimum absolute atomic E-state index is 0.182. The molecular weight excluding hydrogens is 238 g/mol. The molecule has 0 saturated carbocycles. The van der Waals surface area contributed by atoms with Crippen molar-refractivity contribution in [1.29, 1.82) is 0 Å². The van der Waals surface area contributed by atoms with Gasteiger partial charge in [0.2, 0.25) is 0 Å². The molecule has 1 atom stereocenters. The van der Waals surface area contributed by atoms with Gasteiger partial charge in [-0.05, 0) is 13.3 Å². The second-order valence-corrected chi connectivity index (χ2v) is 3.70. The van der Waals surface area contributed by atoms with E-state index in [1.165, 1.54) is 6.92 Å². The van der Waals surface area contributed by atoms with Gasteiger partial charge in [0.1, 0.15) is 6.33 Å². The molecule has 0 aliphatic heterocycles. The second kappa shape index (κ2) is 5.29. The minimum Gasteiger partial charge on any atom is -0.365 e. The number of hydrogen-bond donors (Lipinski definition) is 1. The first-order chi connectivity index (χ1) is 7.83. The first kappa shape index (κ1) is 13.7. The summed E-state index contributed by atoms with van der Waals surface area (Å²) < 4.78 is 49.9. The van der Waals surface area contributed by atoms with Crippen LogP contribution in [0.2, 0.25) is 0 Å². The third-order valence-electron chi connectivity index (χ3n) is 2.12. The predicted octanol–water partition coefficient (Wildman–Crippen LogP) is 2.93. The molecule has 0 radical (unpaired) electrons. The highest BCUT2D eigenvalue weighted by molar-refractivity contribution is 5.38. The molecule has 1 unspecified atom stereocenters. The highest BCUT2D eigenvalue weighted by Crippen LogP contribution is 2.23. The van der Waals surface area contributed by atoms with E-state index < -0.39 is 24.5 Å². The molecule has 1 aromatic rings. The molecule has 96 valence electrons. The molecule has 0 aliphatic rings. The van der Waals surface area contributed by atoms with Crippen LogP contribution < -0.4 is 5.32 Å². The molecule has 3 nitrogen and oxygen atoms in total.